The lowest BCUT2D eigenvalue weighted by atomic mass is 9.99. The predicted molar refractivity (Wildman–Crippen MR) is 86.2 cm³/mol. The van der Waals surface area contributed by atoms with Gasteiger partial charge in [-0.15, -0.1) is 0 Å². The molecule has 2 aromatic carbocycles. The zero-order valence-corrected chi connectivity index (χ0v) is 14.1. The molecule has 1 atom stereocenters. The van der Waals surface area contributed by atoms with E-state index in [1.807, 2.05) is 30.3 Å². The molecule has 0 heterocycles. The Balaban J connectivity index is 2.47. The lowest BCUT2D eigenvalue weighted by Gasteiger charge is -2.17. The van der Waals surface area contributed by atoms with Crippen LogP contribution in [0.3, 0.4) is 0 Å². The predicted octanol–water partition coefficient (Wildman–Crippen LogP) is 4.94. The van der Waals surface area contributed by atoms with E-state index in [0.29, 0.717) is 11.1 Å². The normalized spacial score (nSPS) is 12.1. The molecule has 112 valence electrons. The summed E-state index contributed by atoms with van der Waals surface area (Å²) in [6.07, 6.45) is 0. The van der Waals surface area contributed by atoms with Crippen molar-refractivity contribution in [1.29, 1.82) is 0 Å². The molecule has 2 aromatic rings. The summed E-state index contributed by atoms with van der Waals surface area (Å²) in [6.45, 7) is 3.55. The Kier molecular flexibility index (Phi) is 4.88. The van der Waals surface area contributed by atoms with E-state index in [4.69, 9.17) is 9.47 Å². The molecule has 0 N–H and O–H groups in total. The first kappa shape index (κ1) is 15.8. The van der Waals surface area contributed by atoms with Crippen molar-refractivity contribution in [3.05, 3.63) is 58.4 Å². The maximum absolute atomic E-state index is 13.8. The molecule has 0 aliphatic heterocycles. The zero-order valence-electron chi connectivity index (χ0n) is 12.5. The van der Waals surface area contributed by atoms with E-state index in [-0.39, 0.29) is 10.6 Å². The Labute approximate surface area is 133 Å². The molecule has 0 saturated carbocycles. The molecular weight excluding hydrogens is 335 g/mol. The van der Waals surface area contributed by atoms with Gasteiger partial charge < -0.3 is 9.47 Å². The summed E-state index contributed by atoms with van der Waals surface area (Å²) in [4.78, 5) is -0.0728. The number of aryl methyl sites for hydroxylation is 2. The monoisotopic (exact) mass is 352 g/mol. The zero-order chi connectivity index (χ0) is 15.6. The smallest absolute Gasteiger partial charge is 0.129 e. The summed E-state index contributed by atoms with van der Waals surface area (Å²) in [7, 11) is 3.24. The number of benzene rings is 2. The van der Waals surface area contributed by atoms with Crippen LogP contribution >= 0.6 is 15.9 Å². The van der Waals surface area contributed by atoms with Crippen LogP contribution in [0.1, 0.15) is 27.1 Å². The van der Waals surface area contributed by atoms with Gasteiger partial charge in [0.05, 0.1) is 19.0 Å². The van der Waals surface area contributed by atoms with Crippen molar-refractivity contribution in [3.63, 3.8) is 0 Å². The summed E-state index contributed by atoms with van der Waals surface area (Å²) in [5.41, 5.74) is 3.25. The van der Waals surface area contributed by atoms with Gasteiger partial charge in [-0.2, -0.15) is 0 Å². The number of alkyl halides is 1. The van der Waals surface area contributed by atoms with Crippen LogP contribution in [0, 0.1) is 19.7 Å². The Morgan fingerprint density at radius 3 is 2.14 bits per heavy atom. The van der Waals surface area contributed by atoms with E-state index in [1.54, 1.807) is 28.1 Å². The van der Waals surface area contributed by atoms with E-state index in [2.05, 4.69) is 15.9 Å². The van der Waals surface area contributed by atoms with Crippen LogP contribution in [0.5, 0.6) is 11.5 Å². The van der Waals surface area contributed by atoms with Gasteiger partial charge in [-0.3, -0.25) is 0 Å². The van der Waals surface area contributed by atoms with Gasteiger partial charge in [0.25, 0.3) is 0 Å². The van der Waals surface area contributed by atoms with Crippen LogP contribution in [0.4, 0.5) is 4.39 Å². The molecule has 2 rings (SSSR count). The minimum absolute atomic E-state index is 0.0728. The van der Waals surface area contributed by atoms with Gasteiger partial charge in [0.1, 0.15) is 17.3 Å². The van der Waals surface area contributed by atoms with Gasteiger partial charge in [-0.25, -0.2) is 4.39 Å². The highest BCUT2D eigenvalue weighted by atomic mass is 79.9. The van der Waals surface area contributed by atoms with Crippen LogP contribution < -0.4 is 9.47 Å². The third-order valence-corrected chi connectivity index (χ3v) is 4.49. The van der Waals surface area contributed by atoms with Gasteiger partial charge in [-0.1, -0.05) is 34.1 Å². The Hall–Kier alpha value is -1.55. The molecule has 0 bridgehead atoms. The minimum Gasteiger partial charge on any atom is -0.497 e. The molecule has 4 heteroatoms. The van der Waals surface area contributed by atoms with E-state index in [0.717, 1.165) is 22.6 Å². The van der Waals surface area contributed by atoms with Gasteiger partial charge in [0.15, 0.2) is 0 Å². The molecule has 0 aromatic heterocycles. The third kappa shape index (κ3) is 3.21. The van der Waals surface area contributed by atoms with Gasteiger partial charge in [-0.05, 0) is 36.6 Å². The van der Waals surface area contributed by atoms with Crippen LogP contribution in [-0.4, -0.2) is 14.2 Å². The number of halogens is 2. The summed E-state index contributed by atoms with van der Waals surface area (Å²) < 4.78 is 24.4. The van der Waals surface area contributed by atoms with Crippen molar-refractivity contribution in [3.8, 4) is 11.5 Å². The fourth-order valence-electron chi connectivity index (χ4n) is 2.33. The second kappa shape index (κ2) is 6.48. The number of ether oxygens (including phenoxy) is 2. The fourth-order valence-corrected chi connectivity index (χ4v) is 2.98. The highest BCUT2D eigenvalue weighted by molar-refractivity contribution is 9.09. The van der Waals surface area contributed by atoms with E-state index >= 15 is 0 Å². The van der Waals surface area contributed by atoms with Crippen molar-refractivity contribution in [2.45, 2.75) is 18.7 Å². The van der Waals surface area contributed by atoms with E-state index in [9.17, 15) is 4.39 Å². The molecule has 0 radical (unpaired) electrons. The second-order valence-corrected chi connectivity index (χ2v) is 5.85. The average Bonchev–Trinajstić information content (AvgIpc) is 2.50. The minimum atomic E-state index is -0.153. The first-order chi connectivity index (χ1) is 9.97. The first-order valence-corrected chi connectivity index (χ1v) is 7.52. The standard InChI is InChI=1S/C17H18BrFO2/c1-10-7-12(8-11(2)17(10)19)16(18)14-6-5-13(20-3)9-15(14)21-4/h5-9,16H,1-4H3. The number of hydrogen-bond acceptors (Lipinski definition) is 2. The molecule has 2 nitrogen and oxygen atoms in total. The maximum Gasteiger partial charge on any atom is 0.129 e. The molecule has 0 fully saturated rings. The Bertz CT molecular complexity index is 632. The molecule has 0 aliphatic rings. The number of rotatable bonds is 4. The first-order valence-electron chi connectivity index (χ1n) is 6.60. The second-order valence-electron chi connectivity index (χ2n) is 4.94. The molecule has 0 saturated heterocycles. The lowest BCUT2D eigenvalue weighted by Crippen LogP contribution is -2.00. The van der Waals surface area contributed by atoms with Crippen molar-refractivity contribution in [1.82, 2.24) is 0 Å². The topological polar surface area (TPSA) is 18.5 Å². The van der Waals surface area contributed by atoms with Crippen LogP contribution in [0.15, 0.2) is 30.3 Å². The van der Waals surface area contributed by atoms with Crippen LogP contribution in [-0.2, 0) is 0 Å². The van der Waals surface area contributed by atoms with Crippen LogP contribution in [0.25, 0.3) is 0 Å². The molecule has 0 aliphatic carbocycles. The molecule has 0 spiro atoms. The van der Waals surface area contributed by atoms with Crippen molar-refractivity contribution in [2.75, 3.05) is 14.2 Å². The van der Waals surface area contributed by atoms with E-state index in [1.165, 1.54) is 0 Å². The summed E-state index contributed by atoms with van der Waals surface area (Å²) >= 11 is 3.68. The van der Waals surface area contributed by atoms with E-state index < -0.39 is 0 Å². The van der Waals surface area contributed by atoms with Crippen molar-refractivity contribution in [2.24, 2.45) is 0 Å². The molecule has 0 amide bonds. The van der Waals surface area contributed by atoms with Gasteiger partial charge in [0, 0.05) is 11.6 Å². The quantitative estimate of drug-likeness (QED) is 0.725. The highest BCUT2D eigenvalue weighted by Crippen LogP contribution is 2.39. The maximum atomic E-state index is 13.8. The van der Waals surface area contributed by atoms with Gasteiger partial charge >= 0.3 is 0 Å². The Morgan fingerprint density at radius 2 is 1.62 bits per heavy atom. The lowest BCUT2D eigenvalue weighted by molar-refractivity contribution is 0.391. The average molecular weight is 353 g/mol. The Morgan fingerprint density at radius 1 is 1.00 bits per heavy atom. The van der Waals surface area contributed by atoms with Crippen LogP contribution in [0.2, 0.25) is 0 Å². The van der Waals surface area contributed by atoms with Crippen molar-refractivity contribution >= 4 is 15.9 Å². The molecular formula is C17H18BrFO2. The van der Waals surface area contributed by atoms with Crippen molar-refractivity contribution < 1.29 is 13.9 Å². The largest absolute Gasteiger partial charge is 0.497 e. The third-order valence-electron chi connectivity index (χ3n) is 3.47. The summed E-state index contributed by atoms with van der Waals surface area (Å²) in [5, 5.41) is 0. The number of methoxy groups -OCH3 is 2. The number of hydrogen-bond donors (Lipinski definition) is 0. The SMILES string of the molecule is COc1ccc(C(Br)c2cc(C)c(F)c(C)c2)c(OC)c1. The fraction of sp³-hybridized carbons (Fsp3) is 0.294. The summed E-state index contributed by atoms with van der Waals surface area (Å²) in [5.74, 6) is 1.32. The summed E-state index contributed by atoms with van der Waals surface area (Å²) in [6, 6.07) is 9.38. The molecule has 21 heavy (non-hydrogen) atoms. The molecule has 1 unspecified atom stereocenters. The highest BCUT2D eigenvalue weighted by Gasteiger charge is 2.18. The van der Waals surface area contributed by atoms with Gasteiger partial charge in [0.2, 0.25) is 0 Å².